The highest BCUT2D eigenvalue weighted by Gasteiger charge is 2.23. The lowest BCUT2D eigenvalue weighted by Gasteiger charge is -2.26. The summed E-state index contributed by atoms with van der Waals surface area (Å²) in [5, 5.41) is 1.14. The number of rotatable bonds is 3. The Balaban J connectivity index is 1.57. The first-order valence-electron chi connectivity index (χ1n) is 8.44. The maximum Gasteiger partial charge on any atom is 0.246 e. The molecule has 0 bridgehead atoms. The van der Waals surface area contributed by atoms with Crippen LogP contribution in [0, 0.1) is 0 Å². The van der Waals surface area contributed by atoms with Crippen LogP contribution in [-0.4, -0.2) is 29.4 Å². The maximum absolute atomic E-state index is 12.6. The van der Waals surface area contributed by atoms with Gasteiger partial charge in [-0.1, -0.05) is 30.3 Å². The molecular weight excluding hydrogens is 312 g/mol. The van der Waals surface area contributed by atoms with Crippen molar-refractivity contribution in [2.45, 2.75) is 13.0 Å². The Hall–Kier alpha value is -3.01. The molecule has 126 valence electrons. The number of aromatic nitrogens is 1. The van der Waals surface area contributed by atoms with Gasteiger partial charge in [-0.05, 0) is 29.8 Å². The van der Waals surface area contributed by atoms with E-state index in [-0.39, 0.29) is 5.91 Å². The van der Waals surface area contributed by atoms with Crippen LogP contribution < -0.4 is 4.74 Å². The summed E-state index contributed by atoms with van der Waals surface area (Å²) >= 11 is 0. The fourth-order valence-corrected chi connectivity index (χ4v) is 3.35. The van der Waals surface area contributed by atoms with Crippen molar-refractivity contribution < 1.29 is 9.53 Å². The molecule has 0 radical (unpaired) electrons. The number of ether oxygens (including phenoxy) is 1. The van der Waals surface area contributed by atoms with Crippen molar-refractivity contribution in [3.8, 4) is 5.75 Å². The molecule has 4 rings (SSSR count). The van der Waals surface area contributed by atoms with Crippen molar-refractivity contribution >= 4 is 22.9 Å². The fourth-order valence-electron chi connectivity index (χ4n) is 3.35. The Morgan fingerprint density at radius 2 is 2.04 bits per heavy atom. The number of H-pyrrole nitrogens is 1. The van der Waals surface area contributed by atoms with Crippen LogP contribution in [0.4, 0.5) is 0 Å². The summed E-state index contributed by atoms with van der Waals surface area (Å²) in [6, 6.07) is 15.9. The van der Waals surface area contributed by atoms with E-state index in [0.717, 1.165) is 35.2 Å². The molecule has 4 nitrogen and oxygen atoms in total. The monoisotopic (exact) mass is 332 g/mol. The van der Waals surface area contributed by atoms with Crippen LogP contribution in [0.2, 0.25) is 0 Å². The third-order valence-corrected chi connectivity index (χ3v) is 4.71. The van der Waals surface area contributed by atoms with Crippen LogP contribution in [0.1, 0.15) is 16.8 Å². The number of methoxy groups -OCH3 is 1. The first kappa shape index (κ1) is 15.5. The van der Waals surface area contributed by atoms with Gasteiger partial charge < -0.3 is 14.6 Å². The van der Waals surface area contributed by atoms with Crippen molar-refractivity contribution in [2.75, 3.05) is 13.7 Å². The van der Waals surface area contributed by atoms with Gasteiger partial charge in [0, 0.05) is 47.7 Å². The van der Waals surface area contributed by atoms with E-state index in [0.29, 0.717) is 6.54 Å². The molecule has 0 aliphatic carbocycles. The van der Waals surface area contributed by atoms with Crippen molar-refractivity contribution in [3.63, 3.8) is 0 Å². The van der Waals surface area contributed by atoms with Gasteiger partial charge in [0.15, 0.2) is 0 Å². The predicted octanol–water partition coefficient (Wildman–Crippen LogP) is 3.77. The molecule has 1 aliphatic heterocycles. The number of hydrogen-bond donors (Lipinski definition) is 1. The number of carbonyl (C=O) groups excluding carboxylic acids is 1. The van der Waals surface area contributed by atoms with Crippen molar-refractivity contribution in [3.05, 3.63) is 71.4 Å². The molecule has 2 aromatic carbocycles. The molecule has 2 heterocycles. The Bertz CT molecular complexity index is 941. The molecule has 0 atom stereocenters. The molecule has 0 spiro atoms. The van der Waals surface area contributed by atoms with Gasteiger partial charge in [0.1, 0.15) is 5.75 Å². The first-order valence-corrected chi connectivity index (χ1v) is 8.44. The van der Waals surface area contributed by atoms with E-state index >= 15 is 0 Å². The maximum atomic E-state index is 12.6. The summed E-state index contributed by atoms with van der Waals surface area (Å²) in [4.78, 5) is 17.9. The zero-order chi connectivity index (χ0) is 17.2. The zero-order valence-corrected chi connectivity index (χ0v) is 14.2. The predicted molar refractivity (Wildman–Crippen MR) is 99.4 cm³/mol. The lowest BCUT2D eigenvalue weighted by atomic mass is 10.0. The molecule has 0 saturated heterocycles. The Morgan fingerprint density at radius 3 is 2.84 bits per heavy atom. The lowest BCUT2D eigenvalue weighted by Crippen LogP contribution is -2.34. The highest BCUT2D eigenvalue weighted by Crippen LogP contribution is 2.30. The van der Waals surface area contributed by atoms with Gasteiger partial charge in [-0.15, -0.1) is 0 Å². The molecule has 1 amide bonds. The Labute approximate surface area is 146 Å². The van der Waals surface area contributed by atoms with Crippen molar-refractivity contribution in [1.29, 1.82) is 0 Å². The van der Waals surface area contributed by atoms with E-state index < -0.39 is 0 Å². The quantitative estimate of drug-likeness (QED) is 0.742. The number of hydrogen-bond acceptors (Lipinski definition) is 2. The molecule has 1 aliphatic rings. The molecule has 1 N–H and O–H groups in total. The Morgan fingerprint density at radius 1 is 1.20 bits per heavy atom. The first-order chi connectivity index (χ1) is 12.2. The summed E-state index contributed by atoms with van der Waals surface area (Å²) in [6.45, 7) is 1.36. The molecule has 3 aromatic rings. The van der Waals surface area contributed by atoms with E-state index in [9.17, 15) is 4.79 Å². The average molecular weight is 332 g/mol. The lowest BCUT2D eigenvalue weighted by molar-refractivity contribution is -0.126. The number of benzene rings is 2. The van der Waals surface area contributed by atoms with Gasteiger partial charge in [0.2, 0.25) is 5.91 Å². The second-order valence-electron chi connectivity index (χ2n) is 6.25. The van der Waals surface area contributed by atoms with Crippen LogP contribution in [-0.2, 0) is 17.8 Å². The highest BCUT2D eigenvalue weighted by molar-refractivity contribution is 5.93. The highest BCUT2D eigenvalue weighted by atomic mass is 16.5. The summed E-state index contributed by atoms with van der Waals surface area (Å²) in [5.74, 6) is 0.883. The molecule has 0 unspecified atom stereocenters. The van der Waals surface area contributed by atoms with E-state index in [1.165, 1.54) is 11.3 Å². The van der Waals surface area contributed by atoms with Crippen molar-refractivity contribution in [2.24, 2.45) is 0 Å². The van der Waals surface area contributed by atoms with Gasteiger partial charge in [-0.2, -0.15) is 0 Å². The summed E-state index contributed by atoms with van der Waals surface area (Å²) in [7, 11) is 1.67. The molecule has 0 fully saturated rings. The van der Waals surface area contributed by atoms with Crippen LogP contribution in [0.5, 0.6) is 5.75 Å². The van der Waals surface area contributed by atoms with Gasteiger partial charge >= 0.3 is 0 Å². The summed E-state index contributed by atoms with van der Waals surface area (Å²) < 4.78 is 5.34. The number of nitrogens with one attached hydrogen (secondary N) is 1. The Kier molecular flexibility index (Phi) is 4.02. The minimum atomic E-state index is 0.0479. The molecular formula is C21H20N2O2. The number of nitrogens with zero attached hydrogens (tertiary/aromatic N) is 1. The number of fused-ring (bicyclic) bond motifs is 3. The summed E-state index contributed by atoms with van der Waals surface area (Å²) in [6.07, 6.45) is 4.38. The van der Waals surface area contributed by atoms with Gasteiger partial charge in [-0.3, -0.25) is 4.79 Å². The van der Waals surface area contributed by atoms with E-state index in [2.05, 4.69) is 4.98 Å². The number of aromatic amines is 1. The summed E-state index contributed by atoms with van der Waals surface area (Å²) in [5.41, 5.74) is 4.55. The minimum Gasteiger partial charge on any atom is -0.497 e. The standard InChI is InChI=1S/C21H20N2O2/c1-25-16-8-9-19-17(13-16)18-14-23(12-11-20(18)22-19)21(24)10-7-15-5-3-2-4-6-15/h2-10,13,22H,11-12,14H2,1H3/b10-7+. The number of carbonyl (C=O) groups is 1. The second kappa shape index (κ2) is 6.48. The van der Waals surface area contributed by atoms with Gasteiger partial charge in [0.05, 0.1) is 7.11 Å². The second-order valence-corrected chi connectivity index (χ2v) is 6.25. The van der Waals surface area contributed by atoms with Crippen LogP contribution >= 0.6 is 0 Å². The van der Waals surface area contributed by atoms with Crippen LogP contribution in [0.15, 0.2) is 54.6 Å². The van der Waals surface area contributed by atoms with Crippen LogP contribution in [0.25, 0.3) is 17.0 Å². The van der Waals surface area contributed by atoms with Crippen LogP contribution in [0.3, 0.4) is 0 Å². The average Bonchev–Trinajstić information content (AvgIpc) is 3.03. The molecule has 0 saturated carbocycles. The smallest absolute Gasteiger partial charge is 0.246 e. The molecule has 1 aromatic heterocycles. The largest absolute Gasteiger partial charge is 0.497 e. The molecule has 25 heavy (non-hydrogen) atoms. The SMILES string of the molecule is COc1ccc2[nH]c3c(c2c1)CN(C(=O)/C=C/c1ccccc1)CC3. The van der Waals surface area contributed by atoms with Crippen molar-refractivity contribution in [1.82, 2.24) is 9.88 Å². The van der Waals surface area contributed by atoms with E-state index in [4.69, 9.17) is 4.74 Å². The molecule has 4 heteroatoms. The zero-order valence-electron chi connectivity index (χ0n) is 14.2. The number of amides is 1. The van der Waals surface area contributed by atoms with E-state index in [1.54, 1.807) is 13.2 Å². The minimum absolute atomic E-state index is 0.0479. The topological polar surface area (TPSA) is 45.3 Å². The normalized spacial score (nSPS) is 14.0. The fraction of sp³-hybridized carbons (Fsp3) is 0.190. The third kappa shape index (κ3) is 3.03. The third-order valence-electron chi connectivity index (χ3n) is 4.71. The van der Waals surface area contributed by atoms with Gasteiger partial charge in [0.25, 0.3) is 0 Å². The van der Waals surface area contributed by atoms with E-state index in [1.807, 2.05) is 59.5 Å². The van der Waals surface area contributed by atoms with Gasteiger partial charge in [-0.25, -0.2) is 0 Å².